The first-order valence-corrected chi connectivity index (χ1v) is 11.1. The number of hydrogen-bond acceptors (Lipinski definition) is 6. The van der Waals surface area contributed by atoms with Crippen molar-refractivity contribution in [1.29, 1.82) is 0 Å². The summed E-state index contributed by atoms with van der Waals surface area (Å²) in [6, 6.07) is 16.4. The van der Waals surface area contributed by atoms with E-state index in [1.54, 1.807) is 44.2 Å². The van der Waals surface area contributed by atoms with Crippen LogP contribution in [0.25, 0.3) is 0 Å². The molecule has 8 heteroatoms. The molecule has 2 rings (SSSR count). The van der Waals surface area contributed by atoms with E-state index in [2.05, 4.69) is 5.32 Å². The van der Waals surface area contributed by atoms with Crippen molar-refractivity contribution in [3.63, 3.8) is 0 Å². The Hall–Kier alpha value is -2.47. The zero-order chi connectivity index (χ0) is 21.1. The average molecular weight is 419 g/mol. The zero-order valence-corrected chi connectivity index (χ0v) is 17.5. The molecule has 0 aliphatic heterocycles. The van der Waals surface area contributed by atoms with E-state index in [0.717, 1.165) is 5.56 Å². The average Bonchev–Trinajstić information content (AvgIpc) is 2.73. The fourth-order valence-corrected chi connectivity index (χ4v) is 4.36. The van der Waals surface area contributed by atoms with Gasteiger partial charge in [-0.2, -0.15) is 0 Å². The number of nitrogens with one attached hydrogen (secondary N) is 1. The third-order valence-electron chi connectivity index (χ3n) is 3.91. The summed E-state index contributed by atoms with van der Waals surface area (Å²) in [5.41, 5.74) is 1.17. The van der Waals surface area contributed by atoms with Gasteiger partial charge in [-0.1, -0.05) is 48.5 Å². The topological polar surface area (TPSA) is 90.9 Å². The quantitative estimate of drug-likeness (QED) is 0.440. The van der Waals surface area contributed by atoms with E-state index in [1.807, 2.05) is 30.3 Å². The van der Waals surface area contributed by atoms with Crippen LogP contribution in [0.5, 0.6) is 0 Å². The number of carbonyl (C=O) groups is 2. The minimum Gasteiger partial charge on any atom is -0.459 e. The Labute approximate surface area is 170 Å². The molecule has 0 bridgehead atoms. The molecule has 156 valence electrons. The molecular weight excluding hydrogens is 393 g/mol. The Morgan fingerprint density at radius 2 is 1.48 bits per heavy atom. The van der Waals surface area contributed by atoms with Crippen LogP contribution in [0.3, 0.4) is 0 Å². The summed E-state index contributed by atoms with van der Waals surface area (Å²) >= 11 is 0. The second kappa shape index (κ2) is 11.5. The predicted molar refractivity (Wildman–Crippen MR) is 110 cm³/mol. The molecule has 0 heterocycles. The van der Waals surface area contributed by atoms with Crippen LogP contribution < -0.4 is 5.32 Å². The molecule has 7 nitrogen and oxygen atoms in total. The van der Waals surface area contributed by atoms with Gasteiger partial charge in [-0.3, -0.25) is 9.36 Å². The molecule has 1 unspecified atom stereocenters. The zero-order valence-electron chi connectivity index (χ0n) is 16.6. The Balaban J connectivity index is 2.15. The molecule has 2 aromatic rings. The Morgan fingerprint density at radius 3 is 2.03 bits per heavy atom. The SMILES string of the molecule is CCOP(=O)(CC(NC(=O)c1ccccc1)C(=O)OCc1ccccc1)OCC. The van der Waals surface area contributed by atoms with Crippen molar-refractivity contribution in [2.75, 3.05) is 19.4 Å². The largest absolute Gasteiger partial charge is 0.459 e. The highest BCUT2D eigenvalue weighted by molar-refractivity contribution is 7.54. The summed E-state index contributed by atoms with van der Waals surface area (Å²) < 4.78 is 28.8. The van der Waals surface area contributed by atoms with E-state index in [-0.39, 0.29) is 26.0 Å². The van der Waals surface area contributed by atoms with E-state index in [0.29, 0.717) is 5.56 Å². The van der Waals surface area contributed by atoms with Crippen molar-refractivity contribution in [2.24, 2.45) is 0 Å². The van der Waals surface area contributed by atoms with Crippen molar-refractivity contribution in [2.45, 2.75) is 26.5 Å². The summed E-state index contributed by atoms with van der Waals surface area (Å²) in [6.07, 6.45) is -0.319. The Morgan fingerprint density at radius 1 is 0.931 bits per heavy atom. The van der Waals surface area contributed by atoms with Gasteiger partial charge in [0.15, 0.2) is 0 Å². The number of benzene rings is 2. The van der Waals surface area contributed by atoms with Crippen LogP contribution in [0.2, 0.25) is 0 Å². The molecule has 1 N–H and O–H groups in total. The van der Waals surface area contributed by atoms with Crippen molar-refractivity contribution in [1.82, 2.24) is 5.32 Å². The molecule has 0 radical (unpaired) electrons. The molecule has 0 spiro atoms. The van der Waals surface area contributed by atoms with Gasteiger partial charge in [-0.25, -0.2) is 4.79 Å². The van der Waals surface area contributed by atoms with E-state index in [9.17, 15) is 14.2 Å². The maximum atomic E-state index is 12.9. The van der Waals surface area contributed by atoms with Crippen LogP contribution in [-0.4, -0.2) is 37.3 Å². The molecule has 29 heavy (non-hydrogen) atoms. The molecule has 0 fully saturated rings. The Kier molecular flexibility index (Phi) is 9.06. The molecule has 0 aliphatic carbocycles. The molecule has 2 aromatic carbocycles. The van der Waals surface area contributed by atoms with E-state index < -0.39 is 25.5 Å². The van der Waals surface area contributed by atoms with Gasteiger partial charge in [0.25, 0.3) is 5.91 Å². The minimum atomic E-state index is -3.59. The molecule has 1 atom stereocenters. The first-order valence-electron chi connectivity index (χ1n) is 9.42. The van der Waals surface area contributed by atoms with Crippen molar-refractivity contribution in [3.8, 4) is 0 Å². The second-order valence-electron chi connectivity index (χ2n) is 6.11. The summed E-state index contributed by atoms with van der Waals surface area (Å²) in [4.78, 5) is 25.2. The lowest BCUT2D eigenvalue weighted by Gasteiger charge is -2.23. The van der Waals surface area contributed by atoms with Crippen LogP contribution in [0.15, 0.2) is 60.7 Å². The summed E-state index contributed by atoms with van der Waals surface area (Å²) in [5.74, 6) is -1.19. The lowest BCUT2D eigenvalue weighted by Crippen LogP contribution is -2.44. The Bertz CT molecular complexity index is 818. The highest BCUT2D eigenvalue weighted by Crippen LogP contribution is 2.48. The van der Waals surface area contributed by atoms with Gasteiger partial charge in [-0.05, 0) is 31.5 Å². The van der Waals surface area contributed by atoms with Gasteiger partial charge >= 0.3 is 13.6 Å². The van der Waals surface area contributed by atoms with Crippen LogP contribution in [0.1, 0.15) is 29.8 Å². The van der Waals surface area contributed by atoms with Gasteiger partial charge in [0.05, 0.1) is 19.4 Å². The standard InChI is InChI=1S/C21H26NO6P/c1-3-27-29(25,28-4-2)16-19(22-20(23)18-13-9-6-10-14-18)21(24)26-15-17-11-7-5-8-12-17/h5-14,19H,3-4,15-16H2,1-2H3,(H,22,23). The highest BCUT2D eigenvalue weighted by atomic mass is 31.2. The fraction of sp³-hybridized carbons (Fsp3) is 0.333. The van der Waals surface area contributed by atoms with Crippen LogP contribution in [0, 0.1) is 0 Å². The minimum absolute atomic E-state index is 0.0327. The number of rotatable bonds is 11. The molecule has 0 aliphatic rings. The smallest absolute Gasteiger partial charge is 0.333 e. The summed E-state index contributed by atoms with van der Waals surface area (Å²) in [7, 11) is -3.59. The molecule has 0 saturated carbocycles. The maximum Gasteiger partial charge on any atom is 0.333 e. The van der Waals surface area contributed by atoms with E-state index in [4.69, 9.17) is 13.8 Å². The third-order valence-corrected chi connectivity index (χ3v) is 6.02. The normalized spacial score (nSPS) is 12.2. The van der Waals surface area contributed by atoms with Crippen LogP contribution in [-0.2, 0) is 29.8 Å². The fourth-order valence-electron chi connectivity index (χ4n) is 2.60. The van der Waals surface area contributed by atoms with Gasteiger partial charge in [0.1, 0.15) is 12.6 Å². The van der Waals surface area contributed by atoms with Crippen molar-refractivity contribution in [3.05, 3.63) is 71.8 Å². The summed E-state index contributed by atoms with van der Waals surface area (Å²) in [5, 5.41) is 2.60. The molecule has 0 saturated heterocycles. The second-order valence-corrected chi connectivity index (χ2v) is 8.22. The van der Waals surface area contributed by atoms with Crippen LogP contribution >= 0.6 is 7.60 Å². The molecule has 1 amide bonds. The highest BCUT2D eigenvalue weighted by Gasteiger charge is 2.34. The number of hydrogen-bond donors (Lipinski definition) is 1. The van der Waals surface area contributed by atoms with Gasteiger partial charge < -0.3 is 19.1 Å². The third kappa shape index (κ3) is 7.46. The lowest BCUT2D eigenvalue weighted by atomic mass is 10.2. The van der Waals surface area contributed by atoms with Gasteiger partial charge in [0, 0.05) is 5.56 Å². The van der Waals surface area contributed by atoms with E-state index >= 15 is 0 Å². The lowest BCUT2D eigenvalue weighted by molar-refractivity contribution is -0.146. The predicted octanol–water partition coefficient (Wildman–Crippen LogP) is 3.79. The first-order chi connectivity index (χ1) is 14.0. The molecular formula is C21H26NO6P. The monoisotopic (exact) mass is 419 g/mol. The van der Waals surface area contributed by atoms with Crippen molar-refractivity contribution < 1.29 is 27.9 Å². The van der Waals surface area contributed by atoms with E-state index in [1.165, 1.54) is 0 Å². The van der Waals surface area contributed by atoms with Gasteiger partial charge in [-0.15, -0.1) is 0 Å². The maximum absolute atomic E-state index is 12.9. The molecule has 0 aromatic heterocycles. The van der Waals surface area contributed by atoms with Crippen LogP contribution in [0.4, 0.5) is 0 Å². The number of esters is 1. The summed E-state index contributed by atoms with van der Waals surface area (Å²) in [6.45, 7) is 3.68. The van der Waals surface area contributed by atoms with Gasteiger partial charge in [0.2, 0.25) is 0 Å². The number of amides is 1. The van der Waals surface area contributed by atoms with Crippen molar-refractivity contribution >= 4 is 19.5 Å². The number of carbonyl (C=O) groups excluding carboxylic acids is 2. The number of ether oxygens (including phenoxy) is 1. The first kappa shape index (κ1) is 22.8.